The van der Waals surface area contributed by atoms with Crippen molar-refractivity contribution in [1.29, 1.82) is 5.26 Å². The van der Waals surface area contributed by atoms with Crippen molar-refractivity contribution >= 4 is 11.8 Å². The SMILES string of the molecule is CCCC(C)Oc1ccc(C#Cc2ccc(SC#N)cc2)cc1. The summed E-state index contributed by atoms with van der Waals surface area (Å²) in [5.74, 6) is 7.15. The van der Waals surface area contributed by atoms with Gasteiger partial charge in [-0.2, -0.15) is 5.26 Å². The van der Waals surface area contributed by atoms with Crippen molar-refractivity contribution in [3.8, 4) is 23.0 Å². The van der Waals surface area contributed by atoms with Crippen LogP contribution in [0.1, 0.15) is 37.8 Å². The highest BCUT2D eigenvalue weighted by Crippen LogP contribution is 2.17. The van der Waals surface area contributed by atoms with Crippen LogP contribution in [0.4, 0.5) is 0 Å². The van der Waals surface area contributed by atoms with Crippen molar-refractivity contribution in [1.82, 2.24) is 0 Å². The number of hydrogen-bond donors (Lipinski definition) is 0. The molecule has 116 valence electrons. The van der Waals surface area contributed by atoms with Crippen molar-refractivity contribution in [3.63, 3.8) is 0 Å². The third kappa shape index (κ3) is 5.74. The molecule has 0 aliphatic rings. The molecule has 0 heterocycles. The minimum Gasteiger partial charge on any atom is -0.491 e. The molecule has 1 unspecified atom stereocenters. The molecular weight excluding hydrogens is 302 g/mol. The Morgan fingerprint density at radius 1 is 1.00 bits per heavy atom. The van der Waals surface area contributed by atoms with Gasteiger partial charge in [-0.1, -0.05) is 25.2 Å². The van der Waals surface area contributed by atoms with Gasteiger partial charge in [-0.05, 0) is 73.6 Å². The highest BCUT2D eigenvalue weighted by molar-refractivity contribution is 8.03. The lowest BCUT2D eigenvalue weighted by Gasteiger charge is -2.13. The first-order valence-electron chi connectivity index (χ1n) is 7.66. The zero-order chi connectivity index (χ0) is 16.5. The zero-order valence-corrected chi connectivity index (χ0v) is 14.2. The van der Waals surface area contributed by atoms with Gasteiger partial charge in [0.05, 0.1) is 6.10 Å². The van der Waals surface area contributed by atoms with Crippen LogP contribution in [0.3, 0.4) is 0 Å². The first-order valence-corrected chi connectivity index (χ1v) is 8.47. The molecule has 0 bridgehead atoms. The fourth-order valence-electron chi connectivity index (χ4n) is 2.12. The second-order valence-corrected chi connectivity index (χ2v) is 6.07. The second-order valence-electron chi connectivity index (χ2n) is 5.21. The van der Waals surface area contributed by atoms with Gasteiger partial charge in [0.15, 0.2) is 0 Å². The maximum absolute atomic E-state index is 8.62. The van der Waals surface area contributed by atoms with Gasteiger partial charge in [-0.25, -0.2) is 0 Å². The molecule has 23 heavy (non-hydrogen) atoms. The fourth-order valence-corrected chi connectivity index (χ4v) is 2.50. The largest absolute Gasteiger partial charge is 0.491 e. The van der Waals surface area contributed by atoms with E-state index in [2.05, 4.69) is 31.1 Å². The maximum Gasteiger partial charge on any atom is 0.138 e. The standard InChI is InChI=1S/C20H19NOS/c1-3-4-16(2)22-19-11-7-17(8-12-19)5-6-18-9-13-20(14-10-18)23-15-21/h7-14,16H,3-4H2,1-2H3. The normalized spacial score (nSPS) is 11.0. The van der Waals surface area contributed by atoms with Gasteiger partial charge in [-0.15, -0.1) is 0 Å². The first kappa shape index (κ1) is 17.0. The van der Waals surface area contributed by atoms with E-state index < -0.39 is 0 Å². The average Bonchev–Trinajstić information content (AvgIpc) is 2.56. The van der Waals surface area contributed by atoms with Crippen LogP contribution in [0.5, 0.6) is 5.75 Å². The number of nitriles is 1. The summed E-state index contributed by atoms with van der Waals surface area (Å²) >= 11 is 1.15. The van der Waals surface area contributed by atoms with E-state index in [1.807, 2.05) is 48.5 Å². The molecule has 0 saturated carbocycles. The van der Waals surface area contributed by atoms with Crippen LogP contribution in [0, 0.1) is 22.5 Å². The van der Waals surface area contributed by atoms with Gasteiger partial charge in [-0.3, -0.25) is 0 Å². The Bertz CT molecular complexity index is 717. The molecule has 0 fully saturated rings. The zero-order valence-electron chi connectivity index (χ0n) is 13.4. The number of benzene rings is 2. The van der Waals surface area contributed by atoms with Crippen molar-refractivity contribution in [2.24, 2.45) is 0 Å². The van der Waals surface area contributed by atoms with E-state index in [4.69, 9.17) is 10.00 Å². The molecule has 2 nitrogen and oxygen atoms in total. The van der Waals surface area contributed by atoms with E-state index in [1.165, 1.54) is 0 Å². The second kappa shape index (κ2) is 8.93. The third-order valence-electron chi connectivity index (χ3n) is 3.26. The molecule has 0 amide bonds. The number of nitrogens with zero attached hydrogens (tertiary/aromatic N) is 1. The van der Waals surface area contributed by atoms with Crippen molar-refractivity contribution < 1.29 is 4.74 Å². The average molecular weight is 321 g/mol. The Morgan fingerprint density at radius 3 is 2.09 bits per heavy atom. The van der Waals surface area contributed by atoms with E-state index in [9.17, 15) is 0 Å². The monoisotopic (exact) mass is 321 g/mol. The van der Waals surface area contributed by atoms with E-state index in [1.54, 1.807) is 0 Å². The molecule has 3 heteroatoms. The Hall–Kier alpha value is -2.36. The summed E-state index contributed by atoms with van der Waals surface area (Å²) < 4.78 is 5.83. The lowest BCUT2D eigenvalue weighted by Crippen LogP contribution is -2.10. The summed E-state index contributed by atoms with van der Waals surface area (Å²) in [5, 5.41) is 10.7. The van der Waals surface area contributed by atoms with Crippen LogP contribution < -0.4 is 4.74 Å². The van der Waals surface area contributed by atoms with Crippen molar-refractivity contribution in [2.45, 2.75) is 37.7 Å². The molecule has 0 aromatic heterocycles. The highest BCUT2D eigenvalue weighted by atomic mass is 32.2. The van der Waals surface area contributed by atoms with E-state index in [0.29, 0.717) is 0 Å². The lowest BCUT2D eigenvalue weighted by molar-refractivity contribution is 0.210. The molecule has 2 aromatic carbocycles. The van der Waals surface area contributed by atoms with Gasteiger partial charge < -0.3 is 4.74 Å². The molecule has 0 aliphatic carbocycles. The Morgan fingerprint density at radius 2 is 1.57 bits per heavy atom. The molecule has 1 atom stereocenters. The smallest absolute Gasteiger partial charge is 0.138 e. The molecule has 0 saturated heterocycles. The fraction of sp³-hybridized carbons (Fsp3) is 0.250. The predicted molar refractivity (Wildman–Crippen MR) is 95.3 cm³/mol. The molecule has 2 rings (SSSR count). The van der Waals surface area contributed by atoms with E-state index in [0.717, 1.165) is 46.4 Å². The molecule has 0 aliphatic heterocycles. The van der Waals surface area contributed by atoms with E-state index in [-0.39, 0.29) is 6.10 Å². The Labute approximate surface area is 142 Å². The van der Waals surface area contributed by atoms with Crippen LogP contribution >= 0.6 is 11.8 Å². The quantitative estimate of drug-likeness (QED) is 0.429. The summed E-state index contributed by atoms with van der Waals surface area (Å²) in [6.07, 6.45) is 2.42. The van der Waals surface area contributed by atoms with Crippen LogP contribution in [0.2, 0.25) is 0 Å². The highest BCUT2D eigenvalue weighted by Gasteiger charge is 2.02. The van der Waals surface area contributed by atoms with Gasteiger partial charge in [0.2, 0.25) is 0 Å². The maximum atomic E-state index is 8.62. The van der Waals surface area contributed by atoms with Gasteiger partial charge in [0, 0.05) is 16.0 Å². The minimum absolute atomic E-state index is 0.238. The lowest BCUT2D eigenvalue weighted by atomic mass is 10.2. The van der Waals surface area contributed by atoms with Gasteiger partial charge >= 0.3 is 0 Å². The molecular formula is C20H19NOS. The summed E-state index contributed by atoms with van der Waals surface area (Å²) in [7, 11) is 0. The predicted octanol–water partition coefficient (Wildman–Crippen LogP) is 5.23. The van der Waals surface area contributed by atoms with Crippen LogP contribution in [0.15, 0.2) is 53.4 Å². The van der Waals surface area contributed by atoms with Crippen LogP contribution in [0.25, 0.3) is 0 Å². The van der Waals surface area contributed by atoms with Crippen molar-refractivity contribution in [3.05, 3.63) is 59.7 Å². The molecule has 0 spiro atoms. The van der Waals surface area contributed by atoms with Gasteiger partial charge in [0.25, 0.3) is 0 Å². The first-order chi connectivity index (χ1) is 11.2. The Kier molecular flexibility index (Phi) is 6.60. The third-order valence-corrected chi connectivity index (χ3v) is 3.85. The molecule has 0 radical (unpaired) electrons. The van der Waals surface area contributed by atoms with Crippen LogP contribution in [-0.2, 0) is 0 Å². The number of ether oxygens (including phenoxy) is 1. The number of thioether (sulfide) groups is 1. The molecule has 2 aromatic rings. The number of thiocyanates is 1. The van der Waals surface area contributed by atoms with E-state index >= 15 is 0 Å². The Balaban J connectivity index is 2.00. The van der Waals surface area contributed by atoms with Gasteiger partial charge in [0.1, 0.15) is 11.2 Å². The minimum atomic E-state index is 0.238. The summed E-state index contributed by atoms with van der Waals surface area (Å²) in [6, 6.07) is 15.5. The summed E-state index contributed by atoms with van der Waals surface area (Å²) in [4.78, 5) is 0.931. The van der Waals surface area contributed by atoms with Crippen LogP contribution in [-0.4, -0.2) is 6.10 Å². The van der Waals surface area contributed by atoms with Crippen molar-refractivity contribution in [2.75, 3.05) is 0 Å². The molecule has 0 N–H and O–H groups in total. The number of rotatable bonds is 5. The summed E-state index contributed by atoms with van der Waals surface area (Å²) in [5.41, 5.74) is 1.89. The topological polar surface area (TPSA) is 33.0 Å². The summed E-state index contributed by atoms with van der Waals surface area (Å²) in [6.45, 7) is 4.25. The number of hydrogen-bond acceptors (Lipinski definition) is 3.